The Hall–Kier alpha value is -1.88. The van der Waals surface area contributed by atoms with Crippen LogP contribution in [0.15, 0.2) is 24.4 Å². The standard InChI is InChI=1S/C9H8N2O3/c12-5-6-4-10-7-2-1-3-8(9(6)7)11(13)14/h1-4,10,12H,5H2. The van der Waals surface area contributed by atoms with E-state index >= 15 is 0 Å². The summed E-state index contributed by atoms with van der Waals surface area (Å²) in [7, 11) is 0. The number of non-ortho nitro benzene ring substituents is 1. The van der Waals surface area contributed by atoms with E-state index in [0.717, 1.165) is 0 Å². The summed E-state index contributed by atoms with van der Waals surface area (Å²) >= 11 is 0. The molecule has 0 spiro atoms. The molecule has 0 amide bonds. The van der Waals surface area contributed by atoms with Gasteiger partial charge in [0.2, 0.25) is 0 Å². The van der Waals surface area contributed by atoms with E-state index in [1.807, 2.05) is 0 Å². The molecule has 0 atom stereocenters. The van der Waals surface area contributed by atoms with Gasteiger partial charge in [-0.25, -0.2) is 0 Å². The molecular formula is C9H8N2O3. The number of benzene rings is 1. The van der Waals surface area contributed by atoms with E-state index < -0.39 is 4.92 Å². The van der Waals surface area contributed by atoms with Crippen LogP contribution in [-0.2, 0) is 6.61 Å². The van der Waals surface area contributed by atoms with E-state index in [-0.39, 0.29) is 12.3 Å². The minimum absolute atomic E-state index is 0.0211. The number of aromatic amines is 1. The minimum atomic E-state index is -0.449. The molecule has 0 unspecified atom stereocenters. The Morgan fingerprint density at radius 3 is 2.93 bits per heavy atom. The van der Waals surface area contributed by atoms with Gasteiger partial charge in [-0.1, -0.05) is 6.07 Å². The van der Waals surface area contributed by atoms with Gasteiger partial charge in [-0.2, -0.15) is 0 Å². The molecule has 5 nitrogen and oxygen atoms in total. The predicted molar refractivity (Wildman–Crippen MR) is 50.9 cm³/mol. The van der Waals surface area contributed by atoms with Crippen molar-refractivity contribution < 1.29 is 10.0 Å². The lowest BCUT2D eigenvalue weighted by Gasteiger charge is -1.95. The maximum Gasteiger partial charge on any atom is 0.279 e. The molecule has 1 heterocycles. The molecule has 14 heavy (non-hydrogen) atoms. The number of H-pyrrole nitrogens is 1. The van der Waals surface area contributed by atoms with Crippen LogP contribution in [0, 0.1) is 10.1 Å². The Kier molecular flexibility index (Phi) is 1.94. The van der Waals surface area contributed by atoms with E-state index in [1.54, 1.807) is 18.3 Å². The van der Waals surface area contributed by atoms with E-state index in [1.165, 1.54) is 6.07 Å². The van der Waals surface area contributed by atoms with Gasteiger partial charge in [0.15, 0.2) is 0 Å². The smallest absolute Gasteiger partial charge is 0.279 e. The van der Waals surface area contributed by atoms with Crippen molar-refractivity contribution in [2.45, 2.75) is 6.61 Å². The SMILES string of the molecule is O=[N+]([O-])c1cccc2[nH]cc(CO)c12. The summed E-state index contributed by atoms with van der Waals surface area (Å²) in [6.45, 7) is -0.204. The average Bonchev–Trinajstić information content (AvgIpc) is 2.59. The first-order chi connectivity index (χ1) is 6.74. The summed E-state index contributed by atoms with van der Waals surface area (Å²) < 4.78 is 0. The number of fused-ring (bicyclic) bond motifs is 1. The van der Waals surface area contributed by atoms with Crippen molar-refractivity contribution in [3.05, 3.63) is 40.1 Å². The molecule has 1 aromatic heterocycles. The summed E-state index contributed by atoms with van der Waals surface area (Å²) in [5.41, 5.74) is 1.24. The van der Waals surface area contributed by atoms with Crippen LogP contribution in [0.1, 0.15) is 5.56 Å². The van der Waals surface area contributed by atoms with Crippen molar-refractivity contribution in [2.75, 3.05) is 0 Å². The Labute approximate surface area is 79.1 Å². The van der Waals surface area contributed by atoms with Crippen molar-refractivity contribution in [3.8, 4) is 0 Å². The van der Waals surface area contributed by atoms with Gasteiger partial charge in [-0.15, -0.1) is 0 Å². The molecule has 1 aromatic carbocycles. The second-order valence-electron chi connectivity index (χ2n) is 2.93. The van der Waals surface area contributed by atoms with E-state index in [9.17, 15) is 10.1 Å². The topological polar surface area (TPSA) is 79.2 Å². The number of hydrogen-bond donors (Lipinski definition) is 2. The lowest BCUT2D eigenvalue weighted by molar-refractivity contribution is -0.383. The molecule has 0 fully saturated rings. The van der Waals surface area contributed by atoms with Crippen molar-refractivity contribution in [1.82, 2.24) is 4.98 Å². The zero-order chi connectivity index (χ0) is 10.1. The lowest BCUT2D eigenvalue weighted by Crippen LogP contribution is -1.90. The summed E-state index contributed by atoms with van der Waals surface area (Å²) in [5.74, 6) is 0. The normalized spacial score (nSPS) is 10.6. The van der Waals surface area contributed by atoms with Gasteiger partial charge in [0.25, 0.3) is 5.69 Å². The van der Waals surface area contributed by atoms with Crippen LogP contribution in [0.25, 0.3) is 10.9 Å². The molecule has 0 aliphatic carbocycles. The summed E-state index contributed by atoms with van der Waals surface area (Å²) in [6.07, 6.45) is 1.58. The van der Waals surface area contributed by atoms with Gasteiger partial charge in [-0.3, -0.25) is 10.1 Å². The third-order valence-electron chi connectivity index (χ3n) is 2.13. The Morgan fingerprint density at radius 2 is 2.29 bits per heavy atom. The first-order valence-electron chi connectivity index (χ1n) is 4.08. The number of nitrogens with zero attached hydrogens (tertiary/aromatic N) is 1. The number of nitrogens with one attached hydrogen (secondary N) is 1. The molecule has 0 bridgehead atoms. The lowest BCUT2D eigenvalue weighted by atomic mass is 10.1. The highest BCUT2D eigenvalue weighted by atomic mass is 16.6. The molecular weight excluding hydrogens is 184 g/mol. The summed E-state index contributed by atoms with van der Waals surface area (Å²) in [5, 5.41) is 20.2. The molecule has 0 saturated heterocycles. The maximum absolute atomic E-state index is 10.7. The number of rotatable bonds is 2. The third-order valence-corrected chi connectivity index (χ3v) is 2.13. The summed E-state index contributed by atoms with van der Waals surface area (Å²) in [6, 6.07) is 4.77. The Morgan fingerprint density at radius 1 is 1.50 bits per heavy atom. The van der Waals surface area contributed by atoms with Gasteiger partial charge in [0.1, 0.15) is 0 Å². The maximum atomic E-state index is 10.7. The number of aliphatic hydroxyl groups is 1. The van der Waals surface area contributed by atoms with Crippen LogP contribution in [0.2, 0.25) is 0 Å². The third kappa shape index (κ3) is 1.14. The zero-order valence-corrected chi connectivity index (χ0v) is 7.23. The first-order valence-corrected chi connectivity index (χ1v) is 4.08. The molecule has 72 valence electrons. The monoisotopic (exact) mass is 192 g/mol. The highest BCUT2D eigenvalue weighted by molar-refractivity contribution is 5.91. The molecule has 0 aliphatic rings. The number of aliphatic hydroxyl groups excluding tert-OH is 1. The molecule has 5 heteroatoms. The van der Waals surface area contributed by atoms with E-state index in [0.29, 0.717) is 16.5 Å². The van der Waals surface area contributed by atoms with Crippen LogP contribution in [-0.4, -0.2) is 15.0 Å². The second-order valence-corrected chi connectivity index (χ2v) is 2.93. The van der Waals surface area contributed by atoms with Crippen molar-refractivity contribution >= 4 is 16.6 Å². The van der Waals surface area contributed by atoms with Gasteiger partial charge in [0.05, 0.1) is 22.4 Å². The number of aromatic nitrogens is 1. The largest absolute Gasteiger partial charge is 0.392 e. The van der Waals surface area contributed by atoms with Crippen molar-refractivity contribution in [2.24, 2.45) is 0 Å². The Balaban J connectivity index is 2.81. The minimum Gasteiger partial charge on any atom is -0.392 e. The number of nitro benzene ring substituents is 1. The van der Waals surface area contributed by atoms with Gasteiger partial charge < -0.3 is 10.1 Å². The van der Waals surface area contributed by atoms with Gasteiger partial charge in [0, 0.05) is 17.8 Å². The van der Waals surface area contributed by atoms with Crippen molar-refractivity contribution in [3.63, 3.8) is 0 Å². The highest BCUT2D eigenvalue weighted by Crippen LogP contribution is 2.28. The molecule has 2 N–H and O–H groups in total. The molecule has 0 aliphatic heterocycles. The van der Waals surface area contributed by atoms with Crippen LogP contribution < -0.4 is 0 Å². The number of nitro groups is 1. The van der Waals surface area contributed by atoms with E-state index in [4.69, 9.17) is 5.11 Å². The quantitative estimate of drug-likeness (QED) is 0.559. The fourth-order valence-corrected chi connectivity index (χ4v) is 1.51. The number of hydrogen-bond acceptors (Lipinski definition) is 3. The van der Waals surface area contributed by atoms with E-state index in [2.05, 4.69) is 4.98 Å². The van der Waals surface area contributed by atoms with Crippen LogP contribution >= 0.6 is 0 Å². The first kappa shape index (κ1) is 8.71. The fraction of sp³-hybridized carbons (Fsp3) is 0.111. The highest BCUT2D eigenvalue weighted by Gasteiger charge is 2.15. The zero-order valence-electron chi connectivity index (χ0n) is 7.23. The molecule has 2 aromatic rings. The fourth-order valence-electron chi connectivity index (χ4n) is 1.51. The van der Waals surface area contributed by atoms with Crippen LogP contribution in [0.3, 0.4) is 0 Å². The van der Waals surface area contributed by atoms with Crippen molar-refractivity contribution in [1.29, 1.82) is 0 Å². The molecule has 0 saturated carbocycles. The van der Waals surface area contributed by atoms with Crippen LogP contribution in [0.4, 0.5) is 5.69 Å². The Bertz CT molecular complexity index is 490. The molecule has 2 rings (SSSR count). The predicted octanol–water partition coefficient (Wildman–Crippen LogP) is 1.57. The van der Waals surface area contributed by atoms with Gasteiger partial charge >= 0.3 is 0 Å². The molecule has 0 radical (unpaired) electrons. The average molecular weight is 192 g/mol. The summed E-state index contributed by atoms with van der Waals surface area (Å²) in [4.78, 5) is 13.1. The van der Waals surface area contributed by atoms with Crippen LogP contribution in [0.5, 0.6) is 0 Å². The van der Waals surface area contributed by atoms with Gasteiger partial charge in [-0.05, 0) is 6.07 Å². The second kappa shape index (κ2) is 3.12.